The van der Waals surface area contributed by atoms with Crippen LogP contribution in [0.3, 0.4) is 0 Å². The number of morpholine rings is 1. The zero-order chi connectivity index (χ0) is 29.0. The number of hydrogen-bond donors (Lipinski definition) is 1. The molecule has 12 heteroatoms. The Morgan fingerprint density at radius 3 is 2.10 bits per heavy atom. The number of hydrogen-bond acceptors (Lipinski definition) is 7. The molecular formula is C29H34N4O6S2. The molecule has 2 fully saturated rings. The van der Waals surface area contributed by atoms with Crippen LogP contribution in [0.4, 0.5) is 17.1 Å². The fourth-order valence-electron chi connectivity index (χ4n) is 5.03. The summed E-state index contributed by atoms with van der Waals surface area (Å²) in [4.78, 5) is 15.7. The maximum absolute atomic E-state index is 13.4. The minimum absolute atomic E-state index is 0.0491. The summed E-state index contributed by atoms with van der Waals surface area (Å²) in [5.74, 6) is -0.468. The molecule has 0 saturated carbocycles. The molecule has 2 aliphatic heterocycles. The molecule has 10 nitrogen and oxygen atoms in total. The number of piperidine rings is 1. The zero-order valence-corrected chi connectivity index (χ0v) is 24.5. The molecule has 41 heavy (non-hydrogen) atoms. The van der Waals surface area contributed by atoms with E-state index in [9.17, 15) is 21.6 Å². The lowest BCUT2D eigenvalue weighted by molar-refractivity contribution is 0.0730. The van der Waals surface area contributed by atoms with Crippen molar-refractivity contribution >= 4 is 43.0 Å². The van der Waals surface area contributed by atoms with Crippen molar-refractivity contribution in [3.63, 3.8) is 0 Å². The van der Waals surface area contributed by atoms with Crippen molar-refractivity contribution in [3.05, 3.63) is 78.4 Å². The number of sulfonamides is 2. The topological polar surface area (TPSA) is 116 Å². The number of para-hydroxylation sites is 1. The number of benzene rings is 3. The second kappa shape index (κ2) is 12.2. The van der Waals surface area contributed by atoms with Crippen LogP contribution >= 0.6 is 0 Å². The summed E-state index contributed by atoms with van der Waals surface area (Å²) >= 11 is 0. The average Bonchev–Trinajstić information content (AvgIpc) is 3.02. The van der Waals surface area contributed by atoms with E-state index in [0.29, 0.717) is 24.6 Å². The Hall–Kier alpha value is -3.45. The first kappa shape index (κ1) is 29.1. The van der Waals surface area contributed by atoms with Crippen LogP contribution in [0.1, 0.15) is 29.6 Å². The lowest BCUT2D eigenvalue weighted by Crippen LogP contribution is -2.40. The summed E-state index contributed by atoms with van der Waals surface area (Å²) in [6, 6.07) is 19.3. The van der Waals surface area contributed by atoms with Crippen molar-refractivity contribution in [1.29, 1.82) is 0 Å². The van der Waals surface area contributed by atoms with Gasteiger partial charge >= 0.3 is 0 Å². The highest BCUT2D eigenvalue weighted by Crippen LogP contribution is 2.33. The lowest BCUT2D eigenvalue weighted by Gasteiger charge is -2.31. The lowest BCUT2D eigenvalue weighted by atomic mass is 10.1. The van der Waals surface area contributed by atoms with E-state index in [2.05, 4.69) is 10.2 Å². The van der Waals surface area contributed by atoms with Crippen molar-refractivity contribution in [3.8, 4) is 0 Å². The van der Waals surface area contributed by atoms with Crippen molar-refractivity contribution in [2.75, 3.05) is 61.0 Å². The molecule has 0 radical (unpaired) electrons. The van der Waals surface area contributed by atoms with E-state index in [1.807, 2.05) is 6.07 Å². The number of ether oxygens (including phenoxy) is 1. The molecule has 5 rings (SSSR count). The maximum Gasteiger partial charge on any atom is 0.264 e. The van der Waals surface area contributed by atoms with E-state index < -0.39 is 26.0 Å². The van der Waals surface area contributed by atoms with Gasteiger partial charge in [-0.15, -0.1) is 0 Å². The first-order chi connectivity index (χ1) is 19.7. The van der Waals surface area contributed by atoms with Gasteiger partial charge in [0, 0.05) is 38.8 Å². The number of amides is 1. The van der Waals surface area contributed by atoms with E-state index in [4.69, 9.17) is 4.74 Å². The normalized spacial score (nSPS) is 16.8. The molecule has 1 amide bonds. The Balaban J connectivity index is 1.41. The highest BCUT2D eigenvalue weighted by atomic mass is 32.2. The molecule has 0 spiro atoms. The third-order valence-electron chi connectivity index (χ3n) is 7.42. The fourth-order valence-corrected chi connectivity index (χ4v) is 7.66. The minimum Gasteiger partial charge on any atom is -0.379 e. The Labute approximate surface area is 241 Å². The van der Waals surface area contributed by atoms with E-state index in [-0.39, 0.29) is 28.4 Å². The molecule has 2 aliphatic rings. The summed E-state index contributed by atoms with van der Waals surface area (Å²) in [7, 11) is -6.13. The second-order valence-electron chi connectivity index (χ2n) is 10.0. The third-order valence-corrected chi connectivity index (χ3v) is 11.1. The Kier molecular flexibility index (Phi) is 8.64. The molecule has 3 aromatic rings. The van der Waals surface area contributed by atoms with Crippen LogP contribution in [-0.4, -0.2) is 73.5 Å². The molecule has 218 valence electrons. The van der Waals surface area contributed by atoms with Gasteiger partial charge in [-0.1, -0.05) is 18.2 Å². The van der Waals surface area contributed by atoms with Crippen LogP contribution in [0.5, 0.6) is 0 Å². The molecule has 0 aliphatic carbocycles. The molecule has 0 unspecified atom stereocenters. The molecule has 3 aromatic carbocycles. The minimum atomic E-state index is -3.83. The van der Waals surface area contributed by atoms with Crippen LogP contribution in [0, 0.1) is 0 Å². The predicted molar refractivity (Wildman–Crippen MR) is 159 cm³/mol. The Morgan fingerprint density at radius 2 is 1.44 bits per heavy atom. The van der Waals surface area contributed by atoms with Crippen molar-refractivity contribution in [2.45, 2.75) is 29.1 Å². The number of anilines is 3. The summed E-state index contributed by atoms with van der Waals surface area (Å²) in [5.41, 5.74) is 1.92. The molecule has 0 aromatic heterocycles. The SMILES string of the molecule is CN(c1ccccc1)S(=O)(=O)c1ccc(C(=O)Nc2cc(S(=O)(=O)N3CCOCC3)ccc2N2CCCCC2)cc1. The van der Waals surface area contributed by atoms with E-state index in [1.165, 1.54) is 46.0 Å². The van der Waals surface area contributed by atoms with E-state index >= 15 is 0 Å². The highest BCUT2D eigenvalue weighted by molar-refractivity contribution is 7.92. The van der Waals surface area contributed by atoms with Gasteiger partial charge in [-0.05, 0) is 73.9 Å². The van der Waals surface area contributed by atoms with Crippen LogP contribution in [-0.2, 0) is 24.8 Å². The molecule has 1 N–H and O–H groups in total. The van der Waals surface area contributed by atoms with Gasteiger partial charge < -0.3 is 15.0 Å². The standard InChI is InChI=1S/C29H34N4O6S2/c1-31(24-8-4-2-5-9-24)40(35,36)25-12-10-23(11-13-25)29(34)30-27-22-26(41(37,38)33-18-20-39-21-19-33)14-15-28(27)32-16-6-3-7-17-32/h2,4-5,8-15,22H,3,6-7,16-21H2,1H3,(H,30,34). The van der Waals surface area contributed by atoms with Gasteiger partial charge in [-0.3, -0.25) is 9.10 Å². The largest absolute Gasteiger partial charge is 0.379 e. The molecular weight excluding hydrogens is 564 g/mol. The molecule has 2 saturated heterocycles. The maximum atomic E-state index is 13.4. The number of nitrogens with zero attached hydrogens (tertiary/aromatic N) is 3. The monoisotopic (exact) mass is 598 g/mol. The number of nitrogens with one attached hydrogen (secondary N) is 1. The van der Waals surface area contributed by atoms with Crippen molar-refractivity contribution in [1.82, 2.24) is 4.31 Å². The van der Waals surface area contributed by atoms with Gasteiger partial charge in [0.25, 0.3) is 15.9 Å². The van der Waals surface area contributed by atoms with E-state index in [1.54, 1.807) is 36.4 Å². The van der Waals surface area contributed by atoms with Gasteiger partial charge in [0.2, 0.25) is 10.0 Å². The van der Waals surface area contributed by atoms with Crippen molar-refractivity contribution < 1.29 is 26.4 Å². The van der Waals surface area contributed by atoms with Crippen LogP contribution in [0.25, 0.3) is 0 Å². The Bertz CT molecular complexity index is 1580. The third kappa shape index (κ3) is 6.25. The van der Waals surface area contributed by atoms with Crippen molar-refractivity contribution in [2.24, 2.45) is 0 Å². The summed E-state index contributed by atoms with van der Waals surface area (Å²) in [5, 5.41) is 2.90. The number of carbonyl (C=O) groups excluding carboxylic acids is 1. The van der Waals surface area contributed by atoms with Crippen LogP contribution in [0.2, 0.25) is 0 Å². The van der Waals surface area contributed by atoms with Gasteiger partial charge in [0.15, 0.2) is 0 Å². The molecule has 2 heterocycles. The first-order valence-corrected chi connectivity index (χ1v) is 16.5. The summed E-state index contributed by atoms with van der Waals surface area (Å²) in [6.45, 7) is 2.82. The smallest absolute Gasteiger partial charge is 0.264 e. The quantitative estimate of drug-likeness (QED) is 0.420. The summed E-state index contributed by atoms with van der Waals surface area (Å²) < 4.78 is 60.9. The Morgan fingerprint density at radius 1 is 0.805 bits per heavy atom. The first-order valence-electron chi connectivity index (χ1n) is 13.6. The predicted octanol–water partition coefficient (Wildman–Crippen LogP) is 3.78. The van der Waals surface area contributed by atoms with Gasteiger partial charge in [-0.2, -0.15) is 4.31 Å². The van der Waals surface area contributed by atoms with Gasteiger partial charge in [0.1, 0.15) is 0 Å². The van der Waals surface area contributed by atoms with Crippen LogP contribution in [0.15, 0.2) is 82.6 Å². The van der Waals surface area contributed by atoms with Gasteiger partial charge in [-0.25, -0.2) is 16.8 Å². The number of carbonyl (C=O) groups is 1. The van der Waals surface area contributed by atoms with Crippen LogP contribution < -0.4 is 14.5 Å². The average molecular weight is 599 g/mol. The summed E-state index contributed by atoms with van der Waals surface area (Å²) in [6.07, 6.45) is 3.14. The fraction of sp³-hybridized carbons (Fsp3) is 0.345. The second-order valence-corrected chi connectivity index (χ2v) is 13.9. The number of rotatable bonds is 8. The molecule has 0 atom stereocenters. The van der Waals surface area contributed by atoms with Gasteiger partial charge in [0.05, 0.1) is 40.1 Å². The zero-order valence-electron chi connectivity index (χ0n) is 22.9. The molecule has 0 bridgehead atoms. The van der Waals surface area contributed by atoms with E-state index in [0.717, 1.165) is 38.0 Å². The highest BCUT2D eigenvalue weighted by Gasteiger charge is 2.28.